The summed E-state index contributed by atoms with van der Waals surface area (Å²) < 4.78 is 6.75. The predicted octanol–water partition coefficient (Wildman–Crippen LogP) is 3.06. The van der Waals surface area contributed by atoms with Gasteiger partial charge < -0.3 is 15.0 Å². The molecule has 0 aliphatic carbocycles. The first-order valence-electron chi connectivity index (χ1n) is 9.79. The van der Waals surface area contributed by atoms with Crippen molar-refractivity contribution in [1.82, 2.24) is 14.5 Å². The van der Waals surface area contributed by atoms with Crippen LogP contribution in [0.15, 0.2) is 52.3 Å². The van der Waals surface area contributed by atoms with Crippen molar-refractivity contribution < 1.29 is 9.53 Å². The normalized spacial score (nSPS) is 14.1. The lowest BCUT2D eigenvalue weighted by Crippen LogP contribution is -2.37. The number of pyridine rings is 1. The minimum atomic E-state index is -0.307. The number of amides is 1. The number of thiophene rings is 2. The molecule has 0 aromatic carbocycles. The second-order valence-corrected chi connectivity index (χ2v) is 8.81. The van der Waals surface area contributed by atoms with Crippen LogP contribution in [0.4, 0.5) is 11.5 Å². The summed E-state index contributed by atoms with van der Waals surface area (Å²) in [6.07, 6.45) is 3.14. The molecule has 0 atom stereocenters. The summed E-state index contributed by atoms with van der Waals surface area (Å²) in [5, 5.41) is 7.37. The minimum Gasteiger partial charge on any atom is -0.378 e. The molecule has 10 heteroatoms. The van der Waals surface area contributed by atoms with E-state index < -0.39 is 0 Å². The molecule has 5 heterocycles. The summed E-state index contributed by atoms with van der Waals surface area (Å²) >= 11 is 3.00. The maximum atomic E-state index is 13.1. The number of nitrogens with zero attached hydrogens (tertiary/aromatic N) is 4. The third kappa shape index (κ3) is 3.97. The van der Waals surface area contributed by atoms with Gasteiger partial charge in [0.15, 0.2) is 5.82 Å². The van der Waals surface area contributed by atoms with Crippen molar-refractivity contribution in [3.63, 3.8) is 0 Å². The molecule has 0 bridgehead atoms. The van der Waals surface area contributed by atoms with Gasteiger partial charge in [0.25, 0.3) is 5.56 Å². The van der Waals surface area contributed by atoms with E-state index in [-0.39, 0.29) is 18.0 Å². The van der Waals surface area contributed by atoms with Crippen molar-refractivity contribution in [1.29, 1.82) is 0 Å². The van der Waals surface area contributed by atoms with Gasteiger partial charge in [-0.1, -0.05) is 6.07 Å². The standard InChI is InChI=1S/C21H19N5O3S2/c27-17(24-15-3-1-5-22-19(15)25-6-8-29-9-7-25)11-26-13-23-20-18(21(26)28)14(12-31-20)16-4-2-10-30-16/h1-5,10,12-13H,6-9,11H2,(H,24,27). The number of anilines is 2. The first kappa shape index (κ1) is 19.9. The van der Waals surface area contributed by atoms with Gasteiger partial charge in [-0.3, -0.25) is 14.2 Å². The van der Waals surface area contributed by atoms with Crippen LogP contribution >= 0.6 is 22.7 Å². The van der Waals surface area contributed by atoms with Crippen LogP contribution in [0.1, 0.15) is 0 Å². The van der Waals surface area contributed by atoms with Crippen molar-refractivity contribution in [2.75, 3.05) is 36.5 Å². The van der Waals surface area contributed by atoms with Gasteiger partial charge in [0, 0.05) is 35.1 Å². The molecule has 0 unspecified atom stereocenters. The number of morpholine rings is 1. The number of fused-ring (bicyclic) bond motifs is 1. The van der Waals surface area contributed by atoms with E-state index in [0.29, 0.717) is 48.0 Å². The molecule has 4 aromatic rings. The Morgan fingerprint density at radius 2 is 2.03 bits per heavy atom. The number of hydrogen-bond acceptors (Lipinski definition) is 8. The molecule has 1 N–H and O–H groups in total. The number of rotatable bonds is 5. The fraction of sp³-hybridized carbons (Fsp3) is 0.238. The monoisotopic (exact) mass is 453 g/mol. The molecule has 5 rings (SSSR count). The summed E-state index contributed by atoms with van der Waals surface area (Å²) in [5.74, 6) is 0.400. The van der Waals surface area contributed by atoms with E-state index in [4.69, 9.17) is 4.74 Å². The van der Waals surface area contributed by atoms with E-state index in [9.17, 15) is 9.59 Å². The Balaban J connectivity index is 1.40. The van der Waals surface area contributed by atoms with E-state index in [2.05, 4.69) is 20.2 Å². The summed E-state index contributed by atoms with van der Waals surface area (Å²) in [7, 11) is 0. The van der Waals surface area contributed by atoms with Crippen molar-refractivity contribution >= 4 is 50.3 Å². The molecule has 1 aliphatic heterocycles. The fourth-order valence-electron chi connectivity index (χ4n) is 3.56. The lowest BCUT2D eigenvalue weighted by atomic mass is 10.2. The van der Waals surface area contributed by atoms with Gasteiger partial charge in [0.1, 0.15) is 11.4 Å². The number of ether oxygens (including phenoxy) is 1. The SMILES string of the molecule is O=C(Cn1cnc2scc(-c3cccs3)c2c1=O)Nc1cccnc1N1CCOCC1. The Morgan fingerprint density at radius 3 is 2.84 bits per heavy atom. The zero-order chi connectivity index (χ0) is 21.2. The topological polar surface area (TPSA) is 89.3 Å². The Labute approximate surface area is 185 Å². The van der Waals surface area contributed by atoms with Crippen LogP contribution < -0.4 is 15.8 Å². The van der Waals surface area contributed by atoms with E-state index in [1.54, 1.807) is 23.6 Å². The number of hydrogen-bond donors (Lipinski definition) is 1. The van der Waals surface area contributed by atoms with E-state index in [1.165, 1.54) is 22.2 Å². The number of aromatic nitrogens is 3. The zero-order valence-electron chi connectivity index (χ0n) is 16.5. The molecule has 1 saturated heterocycles. The largest absolute Gasteiger partial charge is 0.378 e. The molecule has 1 fully saturated rings. The summed E-state index contributed by atoms with van der Waals surface area (Å²) in [5.41, 5.74) is 1.26. The van der Waals surface area contributed by atoms with Crippen molar-refractivity contribution in [2.24, 2.45) is 0 Å². The average Bonchev–Trinajstić information content (AvgIpc) is 3.47. The molecule has 0 radical (unpaired) electrons. The van der Waals surface area contributed by atoms with Gasteiger partial charge in [-0.05, 0) is 23.6 Å². The Kier molecular flexibility index (Phi) is 5.49. The van der Waals surface area contributed by atoms with Gasteiger partial charge >= 0.3 is 0 Å². The van der Waals surface area contributed by atoms with Crippen LogP contribution in [0, 0.1) is 0 Å². The van der Waals surface area contributed by atoms with Crippen LogP contribution in [-0.4, -0.2) is 46.7 Å². The highest BCUT2D eigenvalue weighted by atomic mass is 32.1. The summed E-state index contributed by atoms with van der Waals surface area (Å²) in [6.45, 7) is 2.54. The third-order valence-electron chi connectivity index (χ3n) is 5.03. The Morgan fingerprint density at radius 1 is 1.16 bits per heavy atom. The van der Waals surface area contributed by atoms with Gasteiger partial charge in [-0.15, -0.1) is 22.7 Å². The van der Waals surface area contributed by atoms with Crippen molar-refractivity contribution in [3.05, 3.63) is 57.9 Å². The zero-order valence-corrected chi connectivity index (χ0v) is 18.1. The summed E-state index contributed by atoms with van der Waals surface area (Å²) in [4.78, 5) is 38.5. The first-order chi connectivity index (χ1) is 15.2. The van der Waals surface area contributed by atoms with Crippen LogP contribution in [-0.2, 0) is 16.1 Å². The molecular formula is C21H19N5O3S2. The number of carbonyl (C=O) groups excluding carboxylic acids is 1. The van der Waals surface area contributed by atoms with Crippen LogP contribution in [0.5, 0.6) is 0 Å². The second kappa shape index (κ2) is 8.58. The highest BCUT2D eigenvalue weighted by Gasteiger charge is 2.19. The van der Waals surface area contributed by atoms with E-state index in [1.807, 2.05) is 29.0 Å². The van der Waals surface area contributed by atoms with Crippen LogP contribution in [0.2, 0.25) is 0 Å². The smallest absolute Gasteiger partial charge is 0.263 e. The first-order valence-corrected chi connectivity index (χ1v) is 11.5. The van der Waals surface area contributed by atoms with E-state index in [0.717, 1.165) is 10.4 Å². The Bertz CT molecular complexity index is 1280. The van der Waals surface area contributed by atoms with Crippen molar-refractivity contribution in [3.8, 4) is 10.4 Å². The molecule has 1 aliphatic rings. The second-order valence-electron chi connectivity index (χ2n) is 7.01. The molecule has 31 heavy (non-hydrogen) atoms. The Hall–Kier alpha value is -3.08. The highest BCUT2D eigenvalue weighted by molar-refractivity contribution is 7.18. The van der Waals surface area contributed by atoms with Crippen molar-refractivity contribution in [2.45, 2.75) is 6.54 Å². The maximum Gasteiger partial charge on any atom is 0.263 e. The van der Waals surface area contributed by atoms with Crippen LogP contribution in [0.3, 0.4) is 0 Å². The fourth-order valence-corrected chi connectivity index (χ4v) is 5.28. The predicted molar refractivity (Wildman–Crippen MR) is 123 cm³/mol. The quantitative estimate of drug-likeness (QED) is 0.500. The number of nitrogens with one attached hydrogen (secondary N) is 1. The molecule has 0 spiro atoms. The molecule has 4 aromatic heterocycles. The molecule has 0 saturated carbocycles. The average molecular weight is 454 g/mol. The van der Waals surface area contributed by atoms with Gasteiger partial charge in [-0.25, -0.2) is 9.97 Å². The highest BCUT2D eigenvalue weighted by Crippen LogP contribution is 2.33. The summed E-state index contributed by atoms with van der Waals surface area (Å²) in [6, 6.07) is 7.52. The third-order valence-corrected chi connectivity index (χ3v) is 6.82. The lowest BCUT2D eigenvalue weighted by Gasteiger charge is -2.29. The molecular weight excluding hydrogens is 434 g/mol. The molecule has 158 valence electrons. The van der Waals surface area contributed by atoms with Gasteiger partial charge in [-0.2, -0.15) is 0 Å². The minimum absolute atomic E-state index is 0.126. The van der Waals surface area contributed by atoms with Crippen LogP contribution in [0.25, 0.3) is 20.7 Å². The lowest BCUT2D eigenvalue weighted by molar-refractivity contribution is -0.116. The molecule has 8 nitrogen and oxygen atoms in total. The van der Waals surface area contributed by atoms with E-state index >= 15 is 0 Å². The van der Waals surface area contributed by atoms with Gasteiger partial charge in [0.2, 0.25) is 5.91 Å². The van der Waals surface area contributed by atoms with Gasteiger partial charge in [0.05, 0.1) is 30.6 Å². The maximum absolute atomic E-state index is 13.1. The number of carbonyl (C=O) groups is 1. The molecule has 1 amide bonds.